The number of rotatable bonds is 4. The second kappa shape index (κ2) is 6.18. The molecule has 132 valence electrons. The van der Waals surface area contributed by atoms with Crippen LogP contribution in [0, 0.1) is 0 Å². The Morgan fingerprint density at radius 1 is 1.00 bits per heavy atom. The molecule has 0 radical (unpaired) electrons. The van der Waals surface area contributed by atoms with Crippen molar-refractivity contribution in [3.05, 3.63) is 61.2 Å². The van der Waals surface area contributed by atoms with Gasteiger partial charge in [-0.05, 0) is 36.4 Å². The molecule has 0 unspecified atom stereocenters. The van der Waals surface area contributed by atoms with Crippen molar-refractivity contribution in [1.29, 1.82) is 0 Å². The van der Waals surface area contributed by atoms with Crippen molar-refractivity contribution in [1.82, 2.24) is 34.5 Å². The summed E-state index contributed by atoms with van der Waals surface area (Å²) < 4.78 is 4.29. The molecule has 0 aliphatic heterocycles. The minimum Gasteiger partial charge on any atom is -0.368 e. The summed E-state index contributed by atoms with van der Waals surface area (Å²) in [5.41, 5.74) is 8.68. The Balaban J connectivity index is 1.41. The van der Waals surface area contributed by atoms with Gasteiger partial charge in [0.1, 0.15) is 12.7 Å². The molecule has 5 aromatic rings. The summed E-state index contributed by atoms with van der Waals surface area (Å²) in [5.74, 6) is 0.677. The van der Waals surface area contributed by atoms with Gasteiger partial charge in [0.15, 0.2) is 0 Å². The molecular weight excluding hydrogens is 362 g/mol. The van der Waals surface area contributed by atoms with E-state index in [1.54, 1.807) is 11.0 Å². The van der Waals surface area contributed by atoms with Gasteiger partial charge in [-0.1, -0.05) is 23.5 Å². The van der Waals surface area contributed by atoms with Crippen LogP contribution in [0.5, 0.6) is 0 Å². The van der Waals surface area contributed by atoms with Gasteiger partial charge in [-0.25, -0.2) is 14.6 Å². The van der Waals surface area contributed by atoms with E-state index in [4.69, 9.17) is 5.73 Å². The summed E-state index contributed by atoms with van der Waals surface area (Å²) in [4.78, 5) is 12.8. The van der Waals surface area contributed by atoms with E-state index in [-0.39, 0.29) is 5.95 Å². The highest BCUT2D eigenvalue weighted by Gasteiger charge is 2.13. The van der Waals surface area contributed by atoms with Gasteiger partial charge in [-0.15, -0.1) is 5.10 Å². The fourth-order valence-electron chi connectivity index (χ4n) is 2.64. The van der Waals surface area contributed by atoms with E-state index in [2.05, 4.69) is 30.5 Å². The SMILES string of the molecule is Nc1nc(Nc2ccc(-n3cncn3)cc2)nn1-c1nc2ccccc2s1. The Hall–Kier alpha value is -3.79. The standard InChI is InChI=1S/C17H13N9S/c18-15-23-16(21-11-5-7-12(8-6-11)25-10-19-9-20-25)24-26(15)17-22-13-3-1-2-4-14(13)27-17/h1-10H,(H3,18,21,23,24). The molecule has 0 bridgehead atoms. The molecule has 0 spiro atoms. The molecule has 10 heteroatoms. The molecule has 0 saturated carbocycles. The number of fused-ring (bicyclic) bond motifs is 1. The predicted octanol–water partition coefficient (Wildman–Crippen LogP) is 2.78. The molecular formula is C17H13N9S. The van der Waals surface area contributed by atoms with Gasteiger partial charge in [0.25, 0.3) is 0 Å². The molecule has 0 aliphatic rings. The fraction of sp³-hybridized carbons (Fsp3) is 0. The first-order chi connectivity index (χ1) is 13.3. The lowest BCUT2D eigenvalue weighted by Crippen LogP contribution is -2.01. The van der Waals surface area contributed by atoms with Crippen LogP contribution in [0.2, 0.25) is 0 Å². The molecule has 0 fully saturated rings. The average molecular weight is 375 g/mol. The Labute approximate surface area is 157 Å². The maximum absolute atomic E-state index is 6.03. The molecule has 5 rings (SSSR count). The minimum absolute atomic E-state index is 0.274. The minimum atomic E-state index is 0.274. The number of nitrogen functional groups attached to an aromatic ring is 1. The summed E-state index contributed by atoms with van der Waals surface area (Å²) in [5, 5.41) is 12.4. The van der Waals surface area contributed by atoms with E-state index in [1.165, 1.54) is 22.3 Å². The van der Waals surface area contributed by atoms with Crippen LogP contribution in [0.3, 0.4) is 0 Å². The Kier molecular flexibility index (Phi) is 3.54. The second-order valence-corrected chi connectivity index (χ2v) is 6.69. The quantitative estimate of drug-likeness (QED) is 0.496. The van der Waals surface area contributed by atoms with Crippen molar-refractivity contribution >= 4 is 39.1 Å². The van der Waals surface area contributed by atoms with Gasteiger partial charge in [0.05, 0.1) is 15.9 Å². The number of nitrogens with zero attached hydrogens (tertiary/aromatic N) is 7. The number of nitrogens with one attached hydrogen (secondary N) is 1. The van der Waals surface area contributed by atoms with E-state index in [1.807, 2.05) is 48.5 Å². The van der Waals surface area contributed by atoms with Gasteiger partial charge in [0.2, 0.25) is 17.0 Å². The van der Waals surface area contributed by atoms with Crippen LogP contribution in [0.1, 0.15) is 0 Å². The number of benzene rings is 2. The van der Waals surface area contributed by atoms with Crippen molar-refractivity contribution < 1.29 is 0 Å². The first-order valence-corrected chi connectivity index (χ1v) is 8.88. The Morgan fingerprint density at radius 3 is 2.63 bits per heavy atom. The van der Waals surface area contributed by atoms with Gasteiger partial charge in [-0.3, -0.25) is 0 Å². The molecule has 3 aromatic heterocycles. The summed E-state index contributed by atoms with van der Waals surface area (Å²) in [6, 6.07) is 15.6. The zero-order valence-electron chi connectivity index (χ0n) is 13.9. The Morgan fingerprint density at radius 2 is 1.85 bits per heavy atom. The van der Waals surface area contributed by atoms with E-state index in [9.17, 15) is 0 Å². The third-order valence-electron chi connectivity index (χ3n) is 3.90. The number of thiazole rings is 1. The summed E-state index contributed by atoms with van der Waals surface area (Å²) >= 11 is 1.51. The van der Waals surface area contributed by atoms with Gasteiger partial charge in [0, 0.05) is 5.69 Å². The molecule has 3 N–H and O–H groups in total. The third kappa shape index (κ3) is 2.87. The molecule has 0 aliphatic carbocycles. The number of aromatic nitrogens is 7. The van der Waals surface area contributed by atoms with Crippen molar-refractivity contribution in [2.45, 2.75) is 0 Å². The van der Waals surface area contributed by atoms with Crippen LogP contribution in [0.15, 0.2) is 61.2 Å². The largest absolute Gasteiger partial charge is 0.368 e. The molecule has 27 heavy (non-hydrogen) atoms. The van der Waals surface area contributed by atoms with E-state index < -0.39 is 0 Å². The molecule has 9 nitrogen and oxygen atoms in total. The lowest BCUT2D eigenvalue weighted by atomic mass is 10.3. The number of hydrogen-bond acceptors (Lipinski definition) is 8. The summed E-state index contributed by atoms with van der Waals surface area (Å²) in [6.45, 7) is 0. The van der Waals surface area contributed by atoms with Crippen molar-refractivity contribution in [3.8, 4) is 10.8 Å². The molecule has 0 amide bonds. The first-order valence-electron chi connectivity index (χ1n) is 8.07. The maximum atomic E-state index is 6.03. The molecule has 2 aromatic carbocycles. The third-order valence-corrected chi connectivity index (χ3v) is 4.91. The van der Waals surface area contributed by atoms with Gasteiger partial charge < -0.3 is 11.1 Å². The highest BCUT2D eigenvalue weighted by molar-refractivity contribution is 7.20. The summed E-state index contributed by atoms with van der Waals surface area (Å²) in [7, 11) is 0. The number of para-hydroxylation sites is 1. The zero-order chi connectivity index (χ0) is 18.2. The molecule has 0 saturated heterocycles. The maximum Gasteiger partial charge on any atom is 0.248 e. The molecule has 3 heterocycles. The van der Waals surface area contributed by atoms with E-state index >= 15 is 0 Å². The van der Waals surface area contributed by atoms with Crippen LogP contribution >= 0.6 is 11.3 Å². The topological polar surface area (TPSA) is 112 Å². The number of nitrogens with two attached hydrogens (primary N) is 1. The van der Waals surface area contributed by atoms with Crippen LogP contribution in [0.4, 0.5) is 17.6 Å². The predicted molar refractivity (Wildman–Crippen MR) is 104 cm³/mol. The van der Waals surface area contributed by atoms with Crippen LogP contribution in [0.25, 0.3) is 21.0 Å². The lowest BCUT2D eigenvalue weighted by molar-refractivity contribution is 0.878. The van der Waals surface area contributed by atoms with Crippen molar-refractivity contribution in [2.75, 3.05) is 11.1 Å². The smallest absolute Gasteiger partial charge is 0.248 e. The van der Waals surface area contributed by atoms with E-state index in [0.717, 1.165) is 21.6 Å². The van der Waals surface area contributed by atoms with Crippen LogP contribution in [-0.4, -0.2) is 34.5 Å². The Bertz CT molecular complexity index is 1170. The van der Waals surface area contributed by atoms with Crippen molar-refractivity contribution in [3.63, 3.8) is 0 Å². The highest BCUT2D eigenvalue weighted by Crippen LogP contribution is 2.26. The number of anilines is 3. The van der Waals surface area contributed by atoms with Crippen LogP contribution in [-0.2, 0) is 0 Å². The summed E-state index contributed by atoms with van der Waals surface area (Å²) in [6.07, 6.45) is 3.14. The number of hydrogen-bond donors (Lipinski definition) is 2. The second-order valence-electron chi connectivity index (χ2n) is 5.68. The van der Waals surface area contributed by atoms with Gasteiger partial charge in [-0.2, -0.15) is 14.8 Å². The lowest BCUT2D eigenvalue weighted by Gasteiger charge is -2.04. The van der Waals surface area contributed by atoms with Crippen LogP contribution < -0.4 is 11.1 Å². The molecule has 0 atom stereocenters. The van der Waals surface area contributed by atoms with Gasteiger partial charge >= 0.3 is 0 Å². The monoisotopic (exact) mass is 375 g/mol. The highest BCUT2D eigenvalue weighted by atomic mass is 32.1. The zero-order valence-corrected chi connectivity index (χ0v) is 14.7. The average Bonchev–Trinajstić information content (AvgIpc) is 3.41. The first kappa shape index (κ1) is 15.5. The fourth-order valence-corrected chi connectivity index (χ4v) is 3.56. The van der Waals surface area contributed by atoms with E-state index in [0.29, 0.717) is 11.1 Å². The normalized spacial score (nSPS) is 11.1. The van der Waals surface area contributed by atoms with Crippen molar-refractivity contribution in [2.24, 2.45) is 0 Å².